The van der Waals surface area contributed by atoms with E-state index in [1.807, 2.05) is 0 Å². The van der Waals surface area contributed by atoms with Gasteiger partial charge in [-0.05, 0) is 6.42 Å². The quantitative estimate of drug-likeness (QED) is 0.446. The summed E-state index contributed by atoms with van der Waals surface area (Å²) in [5.74, 6) is 0. The molecule has 0 saturated heterocycles. The van der Waals surface area contributed by atoms with Crippen molar-refractivity contribution < 1.29 is 0 Å². The van der Waals surface area contributed by atoms with E-state index in [1.165, 1.54) is 22.3 Å². The minimum absolute atomic E-state index is 0.906. The summed E-state index contributed by atoms with van der Waals surface area (Å²) in [5.41, 5.74) is 0. The van der Waals surface area contributed by atoms with Crippen LogP contribution in [0.2, 0.25) is 0 Å². The minimum Gasteiger partial charge on any atom is -0.290 e. The molecule has 0 fully saturated rings. The summed E-state index contributed by atoms with van der Waals surface area (Å²) in [4.78, 5) is 0. The van der Waals surface area contributed by atoms with E-state index in [-0.39, 0.29) is 0 Å². The van der Waals surface area contributed by atoms with Crippen molar-refractivity contribution in [3.8, 4) is 0 Å². The summed E-state index contributed by atoms with van der Waals surface area (Å²) in [6.07, 6.45) is 2.30. The van der Waals surface area contributed by atoms with E-state index in [9.17, 15) is 0 Å². The maximum absolute atomic E-state index is 5.37. The van der Waals surface area contributed by atoms with E-state index >= 15 is 0 Å². The third kappa shape index (κ3) is 3.37. The molecule has 0 N–H and O–H groups in total. The normalized spacial score (nSPS) is 11.2. The van der Waals surface area contributed by atoms with Gasteiger partial charge in [-0.25, -0.2) is 0 Å². The van der Waals surface area contributed by atoms with Gasteiger partial charge in [0.15, 0.2) is 0 Å². The maximum Gasteiger partial charge on any atom is 0.0547 e. The second kappa shape index (κ2) is 8.13. The molecule has 0 radical (unpaired) electrons. The first kappa shape index (κ1) is 16.7. The van der Waals surface area contributed by atoms with Crippen LogP contribution in [0, 0.1) is 0 Å². The molecule has 2 heteroatoms. The Hall–Kier alpha value is -2.11. The van der Waals surface area contributed by atoms with Crippen LogP contribution in [0.5, 0.6) is 0 Å². The lowest BCUT2D eigenvalue weighted by atomic mass is 10.3. The highest BCUT2D eigenvalue weighted by Crippen LogP contribution is 2.46. The van der Waals surface area contributed by atoms with Gasteiger partial charge in [0.2, 0.25) is 0 Å². The van der Waals surface area contributed by atoms with Crippen LogP contribution in [0.15, 0.2) is 95.7 Å². The van der Waals surface area contributed by atoms with Crippen molar-refractivity contribution in [2.75, 3.05) is 6.54 Å². The van der Waals surface area contributed by atoms with Gasteiger partial charge in [0.05, 0.1) is 7.05 Å². The molecule has 0 atom stereocenters. The largest absolute Gasteiger partial charge is 0.290 e. The van der Waals surface area contributed by atoms with Gasteiger partial charge in [0.25, 0.3) is 0 Å². The number of benzene rings is 3. The monoisotopic (exact) mass is 333 g/mol. The van der Waals surface area contributed by atoms with Crippen LogP contribution in [0.4, 0.5) is 0 Å². The zero-order chi connectivity index (χ0) is 16.7. The van der Waals surface area contributed by atoms with E-state index in [1.54, 1.807) is 0 Å². The van der Waals surface area contributed by atoms with Crippen molar-refractivity contribution in [2.45, 2.75) is 19.8 Å². The molecule has 0 bridgehead atoms. The Kier molecular flexibility index (Phi) is 5.67. The predicted molar refractivity (Wildman–Crippen MR) is 107 cm³/mol. The van der Waals surface area contributed by atoms with Crippen molar-refractivity contribution in [3.63, 3.8) is 0 Å². The summed E-state index contributed by atoms with van der Waals surface area (Å²) < 4.78 is 5.37. The molecule has 0 saturated carbocycles. The summed E-state index contributed by atoms with van der Waals surface area (Å²) in [5, 5.41) is 4.00. The Morgan fingerprint density at radius 3 is 1.33 bits per heavy atom. The molecule has 0 aliphatic rings. The third-order valence-electron chi connectivity index (χ3n) is 4.21. The molecule has 3 aromatic rings. The van der Waals surface area contributed by atoms with E-state index in [2.05, 4.69) is 97.9 Å². The molecule has 0 aliphatic carbocycles. The molecule has 0 spiro atoms. The Bertz CT molecular complexity index is 692. The molecule has 0 heterocycles. The van der Waals surface area contributed by atoms with Crippen LogP contribution in [-0.4, -0.2) is 6.54 Å². The molecular formula is C22H24NP. The molecule has 0 amide bonds. The lowest BCUT2D eigenvalue weighted by molar-refractivity contribution is 0.813. The van der Waals surface area contributed by atoms with Crippen LogP contribution >= 0.6 is 7.05 Å². The maximum atomic E-state index is 5.37. The van der Waals surface area contributed by atoms with E-state index in [0.717, 1.165) is 13.0 Å². The number of hydrogen-bond donors (Lipinski definition) is 0. The first-order chi connectivity index (χ1) is 11.9. The molecule has 3 aromatic carbocycles. The molecule has 3 rings (SSSR count). The van der Waals surface area contributed by atoms with Crippen molar-refractivity contribution in [3.05, 3.63) is 91.0 Å². The predicted octanol–water partition coefficient (Wildman–Crippen LogP) is 4.96. The molecule has 1 nitrogen and oxygen atoms in total. The standard InChI is InChI=1S/C22H24NP/c1-2-3-19-23-24(20-13-7-4-8-14-20,21-15-9-5-10-16-21)22-17-11-6-12-18-22/h4-18H,2-3,19H2,1H3. The summed E-state index contributed by atoms with van der Waals surface area (Å²) in [6, 6.07) is 32.5. The molecule has 122 valence electrons. The van der Waals surface area contributed by atoms with E-state index in [4.69, 9.17) is 4.74 Å². The highest BCUT2D eigenvalue weighted by molar-refractivity contribution is 7.87. The summed E-state index contributed by atoms with van der Waals surface area (Å²) in [6.45, 7) is 3.13. The number of nitrogens with zero attached hydrogens (tertiary/aromatic N) is 1. The average molecular weight is 333 g/mol. The fraction of sp³-hybridized carbons (Fsp3) is 0.182. The molecule has 0 aliphatic heterocycles. The lowest BCUT2D eigenvalue weighted by Crippen LogP contribution is -2.25. The van der Waals surface area contributed by atoms with Crippen LogP contribution in [0.1, 0.15) is 19.8 Å². The van der Waals surface area contributed by atoms with Crippen molar-refractivity contribution >= 4 is 23.0 Å². The van der Waals surface area contributed by atoms with Crippen LogP contribution in [0.25, 0.3) is 0 Å². The van der Waals surface area contributed by atoms with Crippen molar-refractivity contribution in [1.29, 1.82) is 0 Å². The van der Waals surface area contributed by atoms with E-state index in [0.29, 0.717) is 0 Å². The number of rotatable bonds is 6. The van der Waals surface area contributed by atoms with Crippen molar-refractivity contribution in [1.82, 2.24) is 0 Å². The Morgan fingerprint density at radius 2 is 1.00 bits per heavy atom. The number of unbranched alkanes of at least 4 members (excludes halogenated alkanes) is 1. The zero-order valence-corrected chi connectivity index (χ0v) is 15.1. The Balaban J connectivity index is 2.31. The molecular weight excluding hydrogens is 309 g/mol. The van der Waals surface area contributed by atoms with E-state index < -0.39 is 7.05 Å². The first-order valence-electron chi connectivity index (χ1n) is 8.63. The van der Waals surface area contributed by atoms with Gasteiger partial charge in [0.1, 0.15) is 0 Å². The smallest absolute Gasteiger partial charge is 0.0547 e. The third-order valence-corrected chi connectivity index (χ3v) is 7.97. The van der Waals surface area contributed by atoms with Gasteiger partial charge in [-0.15, -0.1) is 0 Å². The lowest BCUT2D eigenvalue weighted by Gasteiger charge is -2.27. The average Bonchev–Trinajstić information content (AvgIpc) is 2.68. The summed E-state index contributed by atoms with van der Waals surface area (Å²) in [7, 11) is -1.96. The fourth-order valence-corrected chi connectivity index (χ4v) is 6.64. The fourth-order valence-electron chi connectivity index (χ4n) is 3.00. The highest BCUT2D eigenvalue weighted by atomic mass is 31.2. The van der Waals surface area contributed by atoms with Gasteiger partial charge in [-0.3, -0.25) is 4.74 Å². The van der Waals surface area contributed by atoms with Gasteiger partial charge < -0.3 is 0 Å². The second-order valence-electron chi connectivity index (χ2n) is 5.86. The minimum atomic E-state index is -1.96. The summed E-state index contributed by atoms with van der Waals surface area (Å²) >= 11 is 0. The highest BCUT2D eigenvalue weighted by Gasteiger charge is 2.26. The van der Waals surface area contributed by atoms with Gasteiger partial charge in [-0.2, -0.15) is 0 Å². The van der Waals surface area contributed by atoms with Crippen LogP contribution in [-0.2, 0) is 0 Å². The topological polar surface area (TPSA) is 12.4 Å². The Morgan fingerprint density at radius 1 is 0.625 bits per heavy atom. The Labute approximate surface area is 145 Å². The van der Waals surface area contributed by atoms with Crippen LogP contribution in [0.3, 0.4) is 0 Å². The second-order valence-corrected chi connectivity index (χ2v) is 8.96. The SMILES string of the molecule is CCCCN=P(c1ccccc1)(c1ccccc1)c1ccccc1. The van der Waals surface area contributed by atoms with Crippen molar-refractivity contribution in [2.24, 2.45) is 4.74 Å². The molecule has 0 aromatic heterocycles. The molecule has 24 heavy (non-hydrogen) atoms. The zero-order valence-electron chi connectivity index (χ0n) is 14.2. The van der Waals surface area contributed by atoms with Gasteiger partial charge in [-0.1, -0.05) is 104 Å². The number of hydrogen-bond acceptors (Lipinski definition) is 1. The van der Waals surface area contributed by atoms with Gasteiger partial charge in [0, 0.05) is 22.5 Å². The van der Waals surface area contributed by atoms with Gasteiger partial charge >= 0.3 is 0 Å². The van der Waals surface area contributed by atoms with Crippen LogP contribution < -0.4 is 15.9 Å². The molecule has 0 unspecified atom stereocenters. The first-order valence-corrected chi connectivity index (χ1v) is 10.4.